The van der Waals surface area contributed by atoms with Gasteiger partial charge in [0.1, 0.15) is 17.5 Å². The molecule has 0 bridgehead atoms. The van der Waals surface area contributed by atoms with E-state index in [2.05, 4.69) is 20.6 Å². The summed E-state index contributed by atoms with van der Waals surface area (Å²) in [4.78, 5) is 8.43. The number of hydrogen-bond donors (Lipinski definition) is 2. The van der Waals surface area contributed by atoms with Gasteiger partial charge in [-0.15, -0.1) is 0 Å². The molecule has 5 nitrogen and oxygen atoms in total. The van der Waals surface area contributed by atoms with Gasteiger partial charge in [-0.25, -0.2) is 9.97 Å². The Morgan fingerprint density at radius 2 is 2.06 bits per heavy atom. The van der Waals surface area contributed by atoms with Crippen molar-refractivity contribution in [1.29, 1.82) is 0 Å². The first kappa shape index (κ1) is 12.9. The van der Waals surface area contributed by atoms with E-state index in [0.717, 1.165) is 11.6 Å². The molecule has 1 atom stereocenters. The summed E-state index contributed by atoms with van der Waals surface area (Å²) in [5, 5.41) is 6.11. The molecular weight excluding hydrogens is 224 g/mol. The summed E-state index contributed by atoms with van der Waals surface area (Å²) < 4.78 is 11.2. The number of nitrogens with one attached hydrogen (secondary N) is 2. The smallest absolute Gasteiger partial charge is 0.131 e. The van der Waals surface area contributed by atoms with Gasteiger partial charge < -0.3 is 10.6 Å². The summed E-state index contributed by atoms with van der Waals surface area (Å²) >= 11 is 0. The van der Waals surface area contributed by atoms with E-state index in [0.29, 0.717) is 23.9 Å². The van der Waals surface area contributed by atoms with E-state index in [4.69, 9.17) is 0 Å². The minimum absolute atomic E-state index is 0.647. The molecule has 0 aromatic carbocycles. The Bertz CT molecular complexity index is 370. The second kappa shape index (κ2) is 6.42. The van der Waals surface area contributed by atoms with Gasteiger partial charge in [0.15, 0.2) is 0 Å². The third-order valence-corrected chi connectivity index (χ3v) is 3.36. The summed E-state index contributed by atoms with van der Waals surface area (Å²) in [5.74, 6) is 3.61. The Labute approximate surface area is 98.5 Å². The first-order valence-electron chi connectivity index (χ1n) is 5.28. The molecule has 0 amide bonds. The van der Waals surface area contributed by atoms with E-state index in [1.165, 1.54) is 0 Å². The van der Waals surface area contributed by atoms with Gasteiger partial charge >= 0.3 is 0 Å². The van der Waals surface area contributed by atoms with Gasteiger partial charge in [-0.2, -0.15) is 0 Å². The quantitative estimate of drug-likeness (QED) is 0.779. The van der Waals surface area contributed by atoms with Crippen LogP contribution in [0.25, 0.3) is 0 Å². The van der Waals surface area contributed by atoms with Gasteiger partial charge in [0.2, 0.25) is 0 Å². The molecule has 1 heterocycles. The van der Waals surface area contributed by atoms with Crippen LogP contribution in [0.2, 0.25) is 0 Å². The van der Waals surface area contributed by atoms with Gasteiger partial charge in [0.05, 0.1) is 0 Å². The van der Waals surface area contributed by atoms with Crippen molar-refractivity contribution in [3.8, 4) is 0 Å². The Hall–Kier alpha value is -1.17. The van der Waals surface area contributed by atoms with Crippen LogP contribution in [0.3, 0.4) is 0 Å². The maximum Gasteiger partial charge on any atom is 0.131 e. The fourth-order valence-electron chi connectivity index (χ4n) is 1.22. The van der Waals surface area contributed by atoms with E-state index in [1.807, 2.05) is 27.0 Å². The molecule has 1 aromatic rings. The van der Waals surface area contributed by atoms with E-state index in [-0.39, 0.29) is 0 Å². The lowest BCUT2D eigenvalue weighted by molar-refractivity contribution is 0.684. The van der Waals surface area contributed by atoms with Crippen LogP contribution >= 0.6 is 0 Å². The maximum absolute atomic E-state index is 11.2. The lowest BCUT2D eigenvalue weighted by Gasteiger charge is -2.07. The normalized spacial score (nSPS) is 12.2. The molecule has 0 saturated heterocycles. The third kappa shape index (κ3) is 4.14. The topological polar surface area (TPSA) is 66.9 Å². The summed E-state index contributed by atoms with van der Waals surface area (Å²) in [5.41, 5.74) is 0. The average molecular weight is 242 g/mol. The predicted octanol–water partition coefficient (Wildman–Crippen LogP) is 1.01. The highest BCUT2D eigenvalue weighted by Crippen LogP contribution is 2.09. The maximum atomic E-state index is 11.2. The number of rotatable bonds is 6. The minimum Gasteiger partial charge on any atom is -0.373 e. The molecule has 0 radical (unpaired) electrons. The minimum atomic E-state index is -0.735. The molecule has 1 rings (SSSR count). The molecule has 1 aromatic heterocycles. The van der Waals surface area contributed by atoms with E-state index in [1.54, 1.807) is 0 Å². The molecule has 0 aliphatic heterocycles. The van der Waals surface area contributed by atoms with Gasteiger partial charge in [0.25, 0.3) is 0 Å². The van der Waals surface area contributed by atoms with Crippen molar-refractivity contribution in [2.75, 3.05) is 35.7 Å². The lowest BCUT2D eigenvalue weighted by atomic mass is 10.5. The first-order valence-corrected chi connectivity index (χ1v) is 6.76. The molecule has 6 heteroatoms. The second-order valence-electron chi connectivity index (χ2n) is 3.30. The molecular formula is C10H18N4OS. The summed E-state index contributed by atoms with van der Waals surface area (Å²) in [6.07, 6.45) is 0. The molecule has 0 fully saturated rings. The Morgan fingerprint density at radius 1 is 1.38 bits per heavy atom. The highest BCUT2D eigenvalue weighted by Gasteiger charge is 2.01. The monoisotopic (exact) mass is 242 g/mol. The van der Waals surface area contributed by atoms with Crippen LogP contribution in [0.15, 0.2) is 6.07 Å². The van der Waals surface area contributed by atoms with Crippen LogP contribution in [0.1, 0.15) is 12.7 Å². The third-order valence-electron chi connectivity index (χ3n) is 2.05. The number of nitrogens with zero attached hydrogens (tertiary/aromatic N) is 2. The van der Waals surface area contributed by atoms with Crippen LogP contribution in [-0.4, -0.2) is 39.3 Å². The van der Waals surface area contributed by atoms with Crippen molar-refractivity contribution < 1.29 is 4.21 Å². The highest BCUT2D eigenvalue weighted by atomic mass is 32.2. The van der Waals surface area contributed by atoms with Crippen molar-refractivity contribution in [1.82, 2.24) is 9.97 Å². The number of hydrogen-bond acceptors (Lipinski definition) is 5. The predicted molar refractivity (Wildman–Crippen MR) is 68.4 cm³/mol. The zero-order valence-corrected chi connectivity index (χ0v) is 10.7. The first-order chi connectivity index (χ1) is 7.65. The average Bonchev–Trinajstić information content (AvgIpc) is 2.28. The molecule has 90 valence electrons. The Balaban J connectivity index is 2.53. The number of aromatic nitrogens is 2. The van der Waals surface area contributed by atoms with E-state index < -0.39 is 10.8 Å². The second-order valence-corrected chi connectivity index (χ2v) is 5.16. The molecule has 0 aliphatic rings. The molecule has 2 N–H and O–H groups in total. The SMILES string of the molecule is CCS(=O)CCNc1cc(NC)nc(C)n1. The van der Waals surface area contributed by atoms with Crippen LogP contribution in [0, 0.1) is 6.92 Å². The van der Waals surface area contributed by atoms with Crippen molar-refractivity contribution in [2.45, 2.75) is 13.8 Å². The summed E-state index contributed by atoms with van der Waals surface area (Å²) in [7, 11) is 1.08. The number of anilines is 2. The molecule has 0 saturated carbocycles. The number of aryl methyl sites for hydroxylation is 1. The Kier molecular flexibility index (Phi) is 5.18. The molecule has 16 heavy (non-hydrogen) atoms. The van der Waals surface area contributed by atoms with Crippen molar-refractivity contribution in [3.63, 3.8) is 0 Å². The van der Waals surface area contributed by atoms with Crippen molar-refractivity contribution >= 4 is 22.4 Å². The zero-order chi connectivity index (χ0) is 12.0. The van der Waals surface area contributed by atoms with E-state index >= 15 is 0 Å². The van der Waals surface area contributed by atoms with Crippen molar-refractivity contribution in [2.24, 2.45) is 0 Å². The van der Waals surface area contributed by atoms with Crippen LogP contribution < -0.4 is 10.6 Å². The van der Waals surface area contributed by atoms with Gasteiger partial charge in [-0.05, 0) is 6.92 Å². The Morgan fingerprint density at radius 3 is 2.69 bits per heavy atom. The van der Waals surface area contributed by atoms with E-state index in [9.17, 15) is 4.21 Å². The highest BCUT2D eigenvalue weighted by molar-refractivity contribution is 7.84. The van der Waals surface area contributed by atoms with Crippen LogP contribution in [0.5, 0.6) is 0 Å². The fraction of sp³-hybridized carbons (Fsp3) is 0.600. The van der Waals surface area contributed by atoms with Crippen LogP contribution in [-0.2, 0) is 10.8 Å². The van der Waals surface area contributed by atoms with Gasteiger partial charge in [0, 0.05) is 42.0 Å². The summed E-state index contributed by atoms with van der Waals surface area (Å²) in [6.45, 7) is 4.43. The lowest BCUT2D eigenvalue weighted by Crippen LogP contribution is -2.13. The van der Waals surface area contributed by atoms with Gasteiger partial charge in [-0.1, -0.05) is 6.92 Å². The molecule has 1 unspecified atom stereocenters. The van der Waals surface area contributed by atoms with Gasteiger partial charge in [-0.3, -0.25) is 4.21 Å². The largest absolute Gasteiger partial charge is 0.373 e. The molecule has 0 spiro atoms. The van der Waals surface area contributed by atoms with Crippen molar-refractivity contribution in [3.05, 3.63) is 11.9 Å². The molecule has 0 aliphatic carbocycles. The zero-order valence-electron chi connectivity index (χ0n) is 9.91. The fourth-order valence-corrected chi connectivity index (χ4v) is 1.84. The van der Waals surface area contributed by atoms with Crippen LogP contribution in [0.4, 0.5) is 11.6 Å². The standard InChI is InChI=1S/C10H18N4OS/c1-4-16(15)6-5-12-10-7-9(11-3)13-8(2)14-10/h7H,4-6H2,1-3H3,(H2,11,12,13,14). The summed E-state index contributed by atoms with van der Waals surface area (Å²) in [6, 6.07) is 1.84.